The molecule has 0 saturated heterocycles. The van der Waals surface area contributed by atoms with Gasteiger partial charge in [0.05, 0.1) is 0 Å². The van der Waals surface area contributed by atoms with E-state index in [0.29, 0.717) is 23.7 Å². The lowest BCUT2D eigenvalue weighted by Crippen LogP contribution is -2.34. The van der Waals surface area contributed by atoms with E-state index in [2.05, 4.69) is 0 Å². The normalized spacial score (nSPS) is 16.2. The molecule has 1 aliphatic heterocycles. The van der Waals surface area contributed by atoms with Crippen molar-refractivity contribution in [2.45, 2.75) is 23.6 Å². The van der Waals surface area contributed by atoms with Crippen LogP contribution in [0.25, 0.3) is 0 Å². The van der Waals surface area contributed by atoms with E-state index in [1.165, 1.54) is 16.2 Å². The highest BCUT2D eigenvalue weighted by molar-refractivity contribution is 7.91. The Morgan fingerprint density at radius 2 is 2.15 bits per heavy atom. The molecule has 0 aliphatic carbocycles. The monoisotopic (exact) mass is 329 g/mol. The minimum atomic E-state index is -3.41. The number of hydrogen-bond acceptors (Lipinski definition) is 5. The van der Waals surface area contributed by atoms with Crippen molar-refractivity contribution in [3.05, 3.63) is 38.9 Å². The molecule has 0 aromatic carbocycles. The number of hydrogen-bond donors (Lipinski definition) is 1. The van der Waals surface area contributed by atoms with Crippen molar-refractivity contribution in [1.29, 1.82) is 0 Å². The molecule has 108 valence electrons. The first-order valence-corrected chi connectivity index (χ1v) is 9.50. The first-order chi connectivity index (χ1) is 9.61. The maximum Gasteiger partial charge on any atom is 0.252 e. The fourth-order valence-electron chi connectivity index (χ4n) is 2.30. The zero-order valence-electron chi connectivity index (χ0n) is 10.8. The van der Waals surface area contributed by atoms with Gasteiger partial charge in [0.15, 0.2) is 0 Å². The van der Waals surface area contributed by atoms with Crippen LogP contribution in [0.3, 0.4) is 0 Å². The Labute approximate surface area is 126 Å². The van der Waals surface area contributed by atoms with Crippen LogP contribution in [0.2, 0.25) is 0 Å². The Balaban J connectivity index is 1.85. The lowest BCUT2D eigenvalue weighted by molar-refractivity contribution is 0.300. The first kappa shape index (κ1) is 14.2. The minimum absolute atomic E-state index is 0.0436. The maximum atomic E-state index is 12.6. The van der Waals surface area contributed by atoms with E-state index < -0.39 is 10.0 Å². The smallest absolute Gasteiger partial charge is 0.252 e. The highest BCUT2D eigenvalue weighted by atomic mass is 32.2. The molecule has 3 rings (SSSR count). The maximum absolute atomic E-state index is 12.6. The minimum Gasteiger partial charge on any atom is -0.396 e. The SMILES string of the molecule is O=S(=O)(c1ccc(CCO)s1)N1CCc2sccc2C1. The van der Waals surface area contributed by atoms with Crippen LogP contribution < -0.4 is 0 Å². The molecular formula is C13H15NO3S3. The van der Waals surface area contributed by atoms with Gasteiger partial charge in [0.1, 0.15) is 4.21 Å². The summed E-state index contributed by atoms with van der Waals surface area (Å²) in [6.07, 6.45) is 1.30. The van der Waals surface area contributed by atoms with Crippen molar-refractivity contribution in [3.63, 3.8) is 0 Å². The molecule has 0 spiro atoms. The van der Waals surface area contributed by atoms with Crippen molar-refractivity contribution in [1.82, 2.24) is 4.31 Å². The third kappa shape index (κ3) is 2.56. The molecule has 7 heteroatoms. The summed E-state index contributed by atoms with van der Waals surface area (Å²) in [5, 5.41) is 10.9. The second-order valence-corrected chi connectivity index (χ2v) is 8.99. The molecule has 1 N–H and O–H groups in total. The predicted octanol–water partition coefficient (Wildman–Crippen LogP) is 2.09. The van der Waals surface area contributed by atoms with Crippen molar-refractivity contribution in [2.24, 2.45) is 0 Å². The van der Waals surface area contributed by atoms with Gasteiger partial charge in [-0.3, -0.25) is 0 Å². The average molecular weight is 329 g/mol. The number of aliphatic hydroxyl groups is 1. The van der Waals surface area contributed by atoms with E-state index >= 15 is 0 Å². The number of fused-ring (bicyclic) bond motifs is 1. The topological polar surface area (TPSA) is 57.6 Å². The summed E-state index contributed by atoms with van der Waals surface area (Å²) in [5.74, 6) is 0. The number of aliphatic hydroxyl groups excluding tert-OH is 1. The molecule has 0 saturated carbocycles. The molecule has 2 aromatic rings. The number of thiophene rings is 2. The summed E-state index contributed by atoms with van der Waals surface area (Å²) in [4.78, 5) is 2.20. The second-order valence-electron chi connectivity index (χ2n) is 4.65. The molecule has 3 heterocycles. The fourth-order valence-corrected chi connectivity index (χ4v) is 6.10. The van der Waals surface area contributed by atoms with Crippen molar-refractivity contribution >= 4 is 32.7 Å². The van der Waals surface area contributed by atoms with Crippen molar-refractivity contribution in [3.8, 4) is 0 Å². The quantitative estimate of drug-likeness (QED) is 0.934. The summed E-state index contributed by atoms with van der Waals surface area (Å²) in [7, 11) is -3.41. The summed E-state index contributed by atoms with van der Waals surface area (Å²) < 4.78 is 27.2. The molecule has 0 unspecified atom stereocenters. The van der Waals surface area contributed by atoms with Gasteiger partial charge in [-0.15, -0.1) is 22.7 Å². The number of rotatable bonds is 4. The van der Waals surface area contributed by atoms with E-state index in [1.54, 1.807) is 27.8 Å². The van der Waals surface area contributed by atoms with E-state index in [-0.39, 0.29) is 6.61 Å². The molecule has 1 aliphatic rings. The Morgan fingerprint density at radius 3 is 2.95 bits per heavy atom. The molecule has 0 amide bonds. The zero-order chi connectivity index (χ0) is 14.2. The van der Waals surface area contributed by atoms with E-state index in [9.17, 15) is 8.42 Å². The van der Waals surface area contributed by atoms with Crippen LogP contribution in [0.5, 0.6) is 0 Å². The molecule has 4 nitrogen and oxygen atoms in total. The number of nitrogens with zero attached hydrogens (tertiary/aromatic N) is 1. The van der Waals surface area contributed by atoms with Gasteiger partial charge >= 0.3 is 0 Å². The van der Waals surface area contributed by atoms with Crippen molar-refractivity contribution < 1.29 is 13.5 Å². The average Bonchev–Trinajstić information content (AvgIpc) is 3.06. The van der Waals surface area contributed by atoms with Gasteiger partial charge in [-0.05, 0) is 35.6 Å². The molecule has 0 bridgehead atoms. The highest BCUT2D eigenvalue weighted by Crippen LogP contribution is 2.30. The van der Waals surface area contributed by atoms with Crippen LogP contribution in [0.4, 0.5) is 0 Å². The van der Waals surface area contributed by atoms with Crippen LogP contribution in [0.15, 0.2) is 27.8 Å². The van der Waals surface area contributed by atoms with Crippen LogP contribution in [0, 0.1) is 0 Å². The second kappa shape index (κ2) is 5.57. The Bertz CT molecular complexity index is 702. The predicted molar refractivity (Wildman–Crippen MR) is 80.7 cm³/mol. The Kier molecular flexibility index (Phi) is 3.96. The molecule has 0 atom stereocenters. The zero-order valence-corrected chi connectivity index (χ0v) is 13.2. The van der Waals surface area contributed by atoms with Gasteiger partial charge < -0.3 is 5.11 Å². The van der Waals surface area contributed by atoms with Gasteiger partial charge in [0, 0.05) is 35.9 Å². The van der Waals surface area contributed by atoms with Gasteiger partial charge in [-0.2, -0.15) is 4.31 Å². The third-order valence-electron chi connectivity index (χ3n) is 3.36. The number of sulfonamides is 1. The fraction of sp³-hybridized carbons (Fsp3) is 0.385. The lowest BCUT2D eigenvalue weighted by Gasteiger charge is -2.25. The van der Waals surface area contributed by atoms with Crippen LogP contribution in [-0.2, 0) is 29.4 Å². The van der Waals surface area contributed by atoms with Gasteiger partial charge in [-0.1, -0.05) is 0 Å². The van der Waals surface area contributed by atoms with Crippen LogP contribution in [0.1, 0.15) is 15.3 Å². The largest absolute Gasteiger partial charge is 0.396 e. The van der Waals surface area contributed by atoms with E-state index in [0.717, 1.165) is 16.9 Å². The molecule has 2 aromatic heterocycles. The first-order valence-electron chi connectivity index (χ1n) is 6.36. The molecule has 0 fully saturated rings. The standard InChI is InChI=1S/C13H15NO3S3/c15-7-4-11-1-2-13(19-11)20(16,17)14-6-3-12-10(9-14)5-8-18-12/h1-2,5,8,15H,3-4,6-7,9H2. The molecule has 20 heavy (non-hydrogen) atoms. The third-order valence-corrected chi connectivity index (χ3v) is 7.84. The van der Waals surface area contributed by atoms with E-state index in [1.807, 2.05) is 11.4 Å². The van der Waals surface area contributed by atoms with Crippen molar-refractivity contribution in [2.75, 3.05) is 13.2 Å². The summed E-state index contributed by atoms with van der Waals surface area (Å²) in [6, 6.07) is 5.44. The summed E-state index contributed by atoms with van der Waals surface area (Å²) in [6.45, 7) is 1.06. The molecular weight excluding hydrogens is 314 g/mol. The van der Waals surface area contributed by atoms with Gasteiger partial charge in [-0.25, -0.2) is 8.42 Å². The highest BCUT2D eigenvalue weighted by Gasteiger charge is 2.29. The lowest BCUT2D eigenvalue weighted by atomic mass is 10.1. The van der Waals surface area contributed by atoms with Gasteiger partial charge in [0.25, 0.3) is 10.0 Å². The summed E-state index contributed by atoms with van der Waals surface area (Å²) >= 11 is 2.95. The van der Waals surface area contributed by atoms with E-state index in [4.69, 9.17) is 5.11 Å². The van der Waals surface area contributed by atoms with Crippen LogP contribution in [-0.4, -0.2) is 31.0 Å². The summed E-state index contributed by atoms with van der Waals surface area (Å²) in [5.41, 5.74) is 1.12. The molecule has 0 radical (unpaired) electrons. The Hall–Kier alpha value is -0.730. The van der Waals surface area contributed by atoms with Crippen LogP contribution >= 0.6 is 22.7 Å². The van der Waals surface area contributed by atoms with Gasteiger partial charge in [0.2, 0.25) is 0 Å². The Morgan fingerprint density at radius 1 is 1.30 bits per heavy atom.